The van der Waals surface area contributed by atoms with Gasteiger partial charge in [-0.25, -0.2) is 4.98 Å². The fourth-order valence-corrected chi connectivity index (χ4v) is 2.35. The predicted molar refractivity (Wildman–Crippen MR) is 78.0 cm³/mol. The van der Waals surface area contributed by atoms with Crippen LogP contribution in [-0.4, -0.2) is 52.9 Å². The lowest BCUT2D eigenvalue weighted by Crippen LogP contribution is -2.49. The zero-order valence-electron chi connectivity index (χ0n) is 11.9. The molecule has 0 aromatic carbocycles. The van der Waals surface area contributed by atoms with E-state index in [1.807, 2.05) is 4.90 Å². The maximum atomic E-state index is 11.9. The van der Waals surface area contributed by atoms with E-state index in [1.165, 1.54) is 12.3 Å². The summed E-state index contributed by atoms with van der Waals surface area (Å²) < 4.78 is 0. The van der Waals surface area contributed by atoms with Crippen LogP contribution in [0, 0.1) is 10.1 Å². The van der Waals surface area contributed by atoms with E-state index in [4.69, 9.17) is 5.73 Å². The lowest BCUT2D eigenvalue weighted by molar-refractivity contribution is -0.384. The van der Waals surface area contributed by atoms with E-state index in [9.17, 15) is 14.9 Å². The molecular weight excluding hydrogens is 274 g/mol. The van der Waals surface area contributed by atoms with E-state index in [0.29, 0.717) is 38.4 Å². The molecule has 1 unspecified atom stereocenters. The molecule has 114 valence electrons. The number of nitrogens with two attached hydrogens (primary N) is 1. The second-order valence-corrected chi connectivity index (χ2v) is 5.15. The Balaban J connectivity index is 2.01. The first kappa shape index (κ1) is 15.2. The third-order valence-electron chi connectivity index (χ3n) is 3.39. The average molecular weight is 293 g/mol. The first-order valence-corrected chi connectivity index (χ1v) is 6.86. The van der Waals surface area contributed by atoms with Gasteiger partial charge in [-0.1, -0.05) is 0 Å². The van der Waals surface area contributed by atoms with Crippen LogP contribution in [0.15, 0.2) is 18.3 Å². The fourth-order valence-electron chi connectivity index (χ4n) is 2.35. The normalized spacial score (nSPS) is 16.7. The van der Waals surface area contributed by atoms with Gasteiger partial charge >= 0.3 is 5.69 Å². The van der Waals surface area contributed by atoms with Gasteiger partial charge in [0.1, 0.15) is 0 Å². The number of pyridine rings is 1. The van der Waals surface area contributed by atoms with Crippen molar-refractivity contribution < 1.29 is 9.72 Å². The molecule has 0 aliphatic carbocycles. The summed E-state index contributed by atoms with van der Waals surface area (Å²) in [5.74, 6) is 0.391. The summed E-state index contributed by atoms with van der Waals surface area (Å²) in [7, 11) is 0. The number of rotatable bonds is 4. The lowest BCUT2D eigenvalue weighted by atomic mass is 10.2. The maximum absolute atomic E-state index is 11.9. The SMILES string of the molecule is CC(N)CC(=O)N1CCN(c2ncccc2[N+](=O)[O-])CC1. The van der Waals surface area contributed by atoms with Crippen LogP contribution in [0.25, 0.3) is 0 Å². The van der Waals surface area contributed by atoms with E-state index >= 15 is 0 Å². The standard InChI is InChI=1S/C13H19N5O3/c1-10(14)9-12(19)16-5-7-17(8-6-16)13-11(18(20)21)3-2-4-15-13/h2-4,10H,5-9,14H2,1H3. The number of carbonyl (C=O) groups excluding carboxylic acids is 1. The summed E-state index contributed by atoms with van der Waals surface area (Å²) in [4.78, 5) is 30.2. The van der Waals surface area contributed by atoms with Crippen LogP contribution in [0.4, 0.5) is 11.5 Å². The van der Waals surface area contributed by atoms with E-state index < -0.39 is 4.92 Å². The van der Waals surface area contributed by atoms with Gasteiger partial charge in [-0.2, -0.15) is 0 Å². The molecule has 0 bridgehead atoms. The number of aromatic nitrogens is 1. The van der Waals surface area contributed by atoms with Gasteiger partial charge in [0.25, 0.3) is 0 Å². The fraction of sp³-hybridized carbons (Fsp3) is 0.538. The Morgan fingerprint density at radius 2 is 2.14 bits per heavy atom. The molecule has 0 radical (unpaired) electrons. The van der Waals surface area contributed by atoms with Crippen molar-refractivity contribution in [1.29, 1.82) is 0 Å². The molecule has 1 saturated heterocycles. The minimum Gasteiger partial charge on any atom is -0.347 e. The highest BCUT2D eigenvalue weighted by atomic mass is 16.6. The minimum atomic E-state index is -0.435. The molecule has 2 heterocycles. The third kappa shape index (κ3) is 3.66. The molecule has 8 nitrogen and oxygen atoms in total. The van der Waals surface area contributed by atoms with Gasteiger partial charge in [0.2, 0.25) is 11.7 Å². The van der Waals surface area contributed by atoms with Crippen molar-refractivity contribution in [3.63, 3.8) is 0 Å². The molecule has 1 aliphatic heterocycles. The van der Waals surface area contributed by atoms with Crippen molar-refractivity contribution >= 4 is 17.4 Å². The molecule has 8 heteroatoms. The Morgan fingerprint density at radius 3 is 2.71 bits per heavy atom. The van der Waals surface area contributed by atoms with Crippen LogP contribution in [0.3, 0.4) is 0 Å². The van der Waals surface area contributed by atoms with Crippen LogP contribution in [-0.2, 0) is 4.79 Å². The number of hydrogen-bond acceptors (Lipinski definition) is 6. The molecule has 1 aromatic rings. The monoisotopic (exact) mass is 293 g/mol. The molecule has 1 aromatic heterocycles. The van der Waals surface area contributed by atoms with Gasteiger partial charge in [-0.15, -0.1) is 0 Å². The van der Waals surface area contributed by atoms with Crippen LogP contribution >= 0.6 is 0 Å². The van der Waals surface area contributed by atoms with Crippen molar-refractivity contribution in [1.82, 2.24) is 9.88 Å². The number of carbonyl (C=O) groups is 1. The van der Waals surface area contributed by atoms with Crippen molar-refractivity contribution in [2.75, 3.05) is 31.1 Å². The Hall–Kier alpha value is -2.22. The zero-order valence-corrected chi connectivity index (χ0v) is 11.9. The summed E-state index contributed by atoms with van der Waals surface area (Å²) in [6, 6.07) is 2.83. The van der Waals surface area contributed by atoms with Gasteiger partial charge in [0, 0.05) is 50.9 Å². The third-order valence-corrected chi connectivity index (χ3v) is 3.39. The lowest BCUT2D eigenvalue weighted by Gasteiger charge is -2.35. The van der Waals surface area contributed by atoms with E-state index in [2.05, 4.69) is 4.98 Å². The minimum absolute atomic E-state index is 0.00661. The number of amides is 1. The second-order valence-electron chi connectivity index (χ2n) is 5.15. The highest BCUT2D eigenvalue weighted by Crippen LogP contribution is 2.25. The van der Waals surface area contributed by atoms with E-state index in [1.54, 1.807) is 17.9 Å². The second kappa shape index (κ2) is 6.49. The Bertz CT molecular complexity index is 526. The van der Waals surface area contributed by atoms with Gasteiger partial charge in [0.15, 0.2) is 0 Å². The summed E-state index contributed by atoms with van der Waals surface area (Å²) >= 11 is 0. The molecule has 2 N–H and O–H groups in total. The summed E-state index contributed by atoms with van der Waals surface area (Å²) in [5.41, 5.74) is 5.62. The first-order chi connectivity index (χ1) is 9.99. The largest absolute Gasteiger partial charge is 0.347 e. The van der Waals surface area contributed by atoms with Crippen molar-refractivity contribution in [2.24, 2.45) is 5.73 Å². The Labute approximate surface area is 122 Å². The summed E-state index contributed by atoms with van der Waals surface area (Å²) in [6.07, 6.45) is 1.86. The smallest absolute Gasteiger partial charge is 0.311 e. The van der Waals surface area contributed by atoms with Crippen molar-refractivity contribution in [3.8, 4) is 0 Å². The first-order valence-electron chi connectivity index (χ1n) is 6.86. The molecule has 1 aliphatic rings. The maximum Gasteiger partial charge on any atom is 0.311 e. The summed E-state index contributed by atoms with van der Waals surface area (Å²) in [6.45, 7) is 3.91. The van der Waals surface area contributed by atoms with Crippen molar-refractivity contribution in [3.05, 3.63) is 28.4 Å². The van der Waals surface area contributed by atoms with Crippen LogP contribution in [0.5, 0.6) is 0 Å². The molecule has 0 spiro atoms. The number of hydrogen-bond donors (Lipinski definition) is 1. The average Bonchev–Trinajstić information content (AvgIpc) is 2.46. The van der Waals surface area contributed by atoms with Crippen LogP contribution in [0.2, 0.25) is 0 Å². The molecule has 2 rings (SSSR count). The topological polar surface area (TPSA) is 106 Å². The number of nitro groups is 1. The van der Waals surface area contributed by atoms with Gasteiger partial charge < -0.3 is 15.5 Å². The van der Waals surface area contributed by atoms with Gasteiger partial charge in [0.05, 0.1) is 4.92 Å². The zero-order chi connectivity index (χ0) is 15.4. The van der Waals surface area contributed by atoms with Crippen molar-refractivity contribution in [2.45, 2.75) is 19.4 Å². The van der Waals surface area contributed by atoms with Crippen LogP contribution < -0.4 is 10.6 Å². The highest BCUT2D eigenvalue weighted by molar-refractivity contribution is 5.77. The van der Waals surface area contributed by atoms with Gasteiger partial charge in [-0.05, 0) is 13.0 Å². The highest BCUT2D eigenvalue weighted by Gasteiger charge is 2.26. The molecule has 1 fully saturated rings. The van der Waals surface area contributed by atoms with E-state index in [0.717, 1.165) is 0 Å². The molecule has 21 heavy (non-hydrogen) atoms. The van der Waals surface area contributed by atoms with Crippen LogP contribution in [0.1, 0.15) is 13.3 Å². The van der Waals surface area contributed by atoms with Gasteiger partial charge in [-0.3, -0.25) is 14.9 Å². The number of nitrogens with zero attached hydrogens (tertiary/aromatic N) is 4. The quantitative estimate of drug-likeness (QED) is 0.635. The molecular formula is C13H19N5O3. The Kier molecular flexibility index (Phi) is 4.69. The molecule has 1 amide bonds. The Morgan fingerprint density at radius 1 is 1.48 bits per heavy atom. The van der Waals surface area contributed by atoms with E-state index in [-0.39, 0.29) is 17.6 Å². The summed E-state index contributed by atoms with van der Waals surface area (Å²) in [5, 5.41) is 11.0. The predicted octanol–water partition coefficient (Wildman–Crippen LogP) is 0.376. The molecule has 0 saturated carbocycles. The number of anilines is 1. The number of piperazine rings is 1. The molecule has 1 atom stereocenters.